The molecule has 0 saturated heterocycles. The van der Waals surface area contributed by atoms with Gasteiger partial charge in [0.25, 0.3) is 0 Å². The molecule has 2 aliphatic carbocycles. The van der Waals surface area contributed by atoms with Crippen LogP contribution in [0.4, 0.5) is 0 Å². The molecule has 1 spiro atoms. The molecule has 2 fully saturated rings. The van der Waals surface area contributed by atoms with Gasteiger partial charge in [-0.3, -0.25) is 0 Å². The molecule has 0 aromatic carbocycles. The lowest BCUT2D eigenvalue weighted by atomic mass is 9.31. The standard InChI is InChI=1S/C14H26/c1-10(2)11-7-13(5,6)14(11)8-12(3,4)9-14/h10-11H,7-9H2,1-6H3. The predicted molar refractivity (Wildman–Crippen MR) is 62.2 cm³/mol. The molecule has 1 unspecified atom stereocenters. The summed E-state index contributed by atoms with van der Waals surface area (Å²) >= 11 is 0. The molecule has 2 aliphatic rings. The summed E-state index contributed by atoms with van der Waals surface area (Å²) in [5.41, 5.74) is 1.97. The van der Waals surface area contributed by atoms with E-state index in [-0.39, 0.29) is 0 Å². The van der Waals surface area contributed by atoms with E-state index in [4.69, 9.17) is 0 Å². The van der Waals surface area contributed by atoms with E-state index in [1.807, 2.05) is 0 Å². The van der Waals surface area contributed by atoms with Crippen LogP contribution in [0.1, 0.15) is 60.8 Å². The number of hydrogen-bond donors (Lipinski definition) is 0. The Morgan fingerprint density at radius 1 is 1.00 bits per heavy atom. The van der Waals surface area contributed by atoms with Gasteiger partial charge in [-0.25, -0.2) is 0 Å². The van der Waals surface area contributed by atoms with Crippen LogP contribution in [0.15, 0.2) is 0 Å². The van der Waals surface area contributed by atoms with E-state index in [1.165, 1.54) is 19.3 Å². The van der Waals surface area contributed by atoms with E-state index < -0.39 is 0 Å². The van der Waals surface area contributed by atoms with Gasteiger partial charge in [-0.05, 0) is 47.3 Å². The van der Waals surface area contributed by atoms with Crippen LogP contribution in [0, 0.1) is 28.1 Å². The molecule has 0 heteroatoms. The first-order chi connectivity index (χ1) is 6.20. The molecule has 0 bridgehead atoms. The first-order valence-corrected chi connectivity index (χ1v) is 6.20. The van der Waals surface area contributed by atoms with Crippen molar-refractivity contribution in [1.82, 2.24) is 0 Å². The fourth-order valence-electron chi connectivity index (χ4n) is 4.59. The van der Waals surface area contributed by atoms with Crippen molar-refractivity contribution in [2.75, 3.05) is 0 Å². The molecular formula is C14H26. The van der Waals surface area contributed by atoms with Crippen molar-refractivity contribution in [3.05, 3.63) is 0 Å². The van der Waals surface area contributed by atoms with Gasteiger partial charge < -0.3 is 0 Å². The fourth-order valence-corrected chi connectivity index (χ4v) is 4.59. The molecule has 0 aliphatic heterocycles. The largest absolute Gasteiger partial charge is 0.0625 e. The van der Waals surface area contributed by atoms with Crippen molar-refractivity contribution >= 4 is 0 Å². The average molecular weight is 194 g/mol. The lowest BCUT2D eigenvalue weighted by Crippen LogP contribution is -2.65. The van der Waals surface area contributed by atoms with Gasteiger partial charge in [0.05, 0.1) is 0 Å². The summed E-state index contributed by atoms with van der Waals surface area (Å²) < 4.78 is 0. The van der Waals surface area contributed by atoms with Crippen molar-refractivity contribution in [3.8, 4) is 0 Å². The monoisotopic (exact) mass is 194 g/mol. The molecule has 0 N–H and O–H groups in total. The maximum atomic E-state index is 2.49. The van der Waals surface area contributed by atoms with E-state index in [0.29, 0.717) is 16.2 Å². The summed E-state index contributed by atoms with van der Waals surface area (Å²) in [6, 6.07) is 0. The van der Waals surface area contributed by atoms with Crippen molar-refractivity contribution < 1.29 is 0 Å². The predicted octanol–water partition coefficient (Wildman–Crippen LogP) is 4.49. The first kappa shape index (κ1) is 10.5. The summed E-state index contributed by atoms with van der Waals surface area (Å²) in [5, 5.41) is 0. The minimum Gasteiger partial charge on any atom is -0.0625 e. The summed E-state index contributed by atoms with van der Waals surface area (Å²) in [6.07, 6.45) is 4.40. The van der Waals surface area contributed by atoms with Crippen LogP contribution >= 0.6 is 0 Å². The molecule has 0 nitrogen and oxygen atoms in total. The highest BCUT2D eigenvalue weighted by molar-refractivity contribution is 5.16. The van der Waals surface area contributed by atoms with Gasteiger partial charge in [-0.2, -0.15) is 0 Å². The van der Waals surface area contributed by atoms with Gasteiger partial charge in [-0.1, -0.05) is 41.5 Å². The van der Waals surface area contributed by atoms with Gasteiger partial charge in [0.15, 0.2) is 0 Å². The van der Waals surface area contributed by atoms with Crippen LogP contribution in [-0.4, -0.2) is 0 Å². The zero-order chi connectivity index (χ0) is 10.8. The van der Waals surface area contributed by atoms with E-state index in [0.717, 1.165) is 11.8 Å². The highest BCUT2D eigenvalue weighted by Crippen LogP contribution is 2.76. The normalized spacial score (nSPS) is 36.6. The molecule has 0 amide bonds. The van der Waals surface area contributed by atoms with Crippen molar-refractivity contribution in [3.63, 3.8) is 0 Å². The Hall–Kier alpha value is 0. The van der Waals surface area contributed by atoms with Crippen molar-refractivity contribution in [1.29, 1.82) is 0 Å². The zero-order valence-corrected chi connectivity index (χ0v) is 10.8. The van der Waals surface area contributed by atoms with Crippen LogP contribution in [0.5, 0.6) is 0 Å². The van der Waals surface area contributed by atoms with Crippen LogP contribution in [-0.2, 0) is 0 Å². The second kappa shape index (κ2) is 2.57. The Morgan fingerprint density at radius 3 is 1.79 bits per heavy atom. The maximum absolute atomic E-state index is 2.49. The number of rotatable bonds is 1. The SMILES string of the molecule is CC(C)C1CC(C)(C)C12CC(C)(C)C2. The topological polar surface area (TPSA) is 0 Å². The summed E-state index contributed by atoms with van der Waals surface area (Å²) in [7, 11) is 0. The minimum atomic E-state index is 0.622. The van der Waals surface area contributed by atoms with Crippen LogP contribution in [0.2, 0.25) is 0 Å². The molecule has 2 rings (SSSR count). The van der Waals surface area contributed by atoms with Gasteiger partial charge >= 0.3 is 0 Å². The third-order valence-electron chi connectivity index (χ3n) is 5.18. The van der Waals surface area contributed by atoms with Crippen LogP contribution in [0.25, 0.3) is 0 Å². The lowest BCUT2D eigenvalue weighted by Gasteiger charge is -2.73. The second-order valence-corrected chi connectivity index (χ2v) is 7.61. The highest BCUT2D eigenvalue weighted by Gasteiger charge is 2.67. The Balaban J connectivity index is 2.16. The highest BCUT2D eigenvalue weighted by atomic mass is 14.7. The molecule has 1 atom stereocenters. The number of hydrogen-bond acceptors (Lipinski definition) is 0. The molecule has 0 aromatic heterocycles. The van der Waals surface area contributed by atoms with Gasteiger partial charge in [0, 0.05) is 0 Å². The molecular weight excluding hydrogens is 168 g/mol. The lowest BCUT2D eigenvalue weighted by molar-refractivity contribution is -0.242. The van der Waals surface area contributed by atoms with E-state index in [1.54, 1.807) is 0 Å². The third-order valence-corrected chi connectivity index (χ3v) is 5.18. The molecule has 82 valence electrons. The summed E-state index contributed by atoms with van der Waals surface area (Å²) in [5.74, 6) is 1.89. The maximum Gasteiger partial charge on any atom is -0.0205 e. The van der Waals surface area contributed by atoms with E-state index in [9.17, 15) is 0 Å². The summed E-state index contributed by atoms with van der Waals surface area (Å²) in [4.78, 5) is 0. The van der Waals surface area contributed by atoms with Crippen molar-refractivity contribution in [2.45, 2.75) is 60.8 Å². The Labute approximate surface area is 89.5 Å². The first-order valence-electron chi connectivity index (χ1n) is 6.20. The van der Waals surface area contributed by atoms with E-state index in [2.05, 4.69) is 41.5 Å². The minimum absolute atomic E-state index is 0.622. The average Bonchev–Trinajstić information content (AvgIpc) is 1.95. The summed E-state index contributed by atoms with van der Waals surface area (Å²) in [6.45, 7) is 14.7. The van der Waals surface area contributed by atoms with Gasteiger partial charge in [0.2, 0.25) is 0 Å². The zero-order valence-electron chi connectivity index (χ0n) is 10.8. The van der Waals surface area contributed by atoms with Crippen molar-refractivity contribution in [2.24, 2.45) is 28.1 Å². The van der Waals surface area contributed by atoms with Gasteiger partial charge in [-0.15, -0.1) is 0 Å². The third kappa shape index (κ3) is 1.12. The molecule has 0 heterocycles. The molecule has 2 saturated carbocycles. The van der Waals surface area contributed by atoms with E-state index >= 15 is 0 Å². The quantitative estimate of drug-likeness (QED) is 0.577. The van der Waals surface area contributed by atoms with Crippen LogP contribution in [0.3, 0.4) is 0 Å². The molecule has 0 aromatic rings. The Kier molecular flexibility index (Phi) is 1.93. The van der Waals surface area contributed by atoms with Gasteiger partial charge in [0.1, 0.15) is 0 Å². The second-order valence-electron chi connectivity index (χ2n) is 7.61. The fraction of sp³-hybridized carbons (Fsp3) is 1.00. The molecule has 14 heavy (non-hydrogen) atoms. The van der Waals surface area contributed by atoms with Crippen LogP contribution < -0.4 is 0 Å². The Bertz CT molecular complexity index is 237. The smallest absolute Gasteiger partial charge is 0.0205 e. The molecule has 0 radical (unpaired) electrons. The Morgan fingerprint density at radius 2 is 1.50 bits per heavy atom.